The number of carboxylic acids is 1. The number of benzene rings is 1. The van der Waals surface area contributed by atoms with Gasteiger partial charge >= 0.3 is 5.97 Å². The predicted octanol–water partition coefficient (Wildman–Crippen LogP) is 2.74. The van der Waals surface area contributed by atoms with Crippen molar-refractivity contribution in [1.29, 1.82) is 0 Å². The second-order valence-corrected chi connectivity index (χ2v) is 5.57. The van der Waals surface area contributed by atoms with Gasteiger partial charge in [0, 0.05) is 18.4 Å². The maximum Gasteiger partial charge on any atom is 0.337 e. The highest BCUT2D eigenvalue weighted by molar-refractivity contribution is 5.94. The molecule has 0 radical (unpaired) electrons. The van der Waals surface area contributed by atoms with Crippen LogP contribution in [0.25, 0.3) is 5.57 Å². The lowest BCUT2D eigenvalue weighted by Gasteiger charge is -2.10. The lowest BCUT2D eigenvalue weighted by Crippen LogP contribution is -2.09. The molecule has 0 aliphatic carbocycles. The smallest absolute Gasteiger partial charge is 0.337 e. The van der Waals surface area contributed by atoms with E-state index in [1.165, 1.54) is 12.3 Å². The zero-order chi connectivity index (χ0) is 19.3. The Kier molecular flexibility index (Phi) is 5.69. The van der Waals surface area contributed by atoms with E-state index in [2.05, 4.69) is 33.4 Å². The molecular formula is C18H20N6O2. The first kappa shape index (κ1) is 18.7. The van der Waals surface area contributed by atoms with Gasteiger partial charge in [0.25, 0.3) is 0 Å². The molecule has 2 aromatic rings. The molecule has 8 heteroatoms. The number of rotatable bonds is 7. The molecule has 1 heterocycles. The molecule has 0 amide bonds. The minimum atomic E-state index is -1.01. The summed E-state index contributed by atoms with van der Waals surface area (Å²) >= 11 is 0. The molecule has 0 unspecified atom stereocenters. The highest BCUT2D eigenvalue weighted by Crippen LogP contribution is 2.28. The van der Waals surface area contributed by atoms with Crippen LogP contribution in [-0.2, 0) is 0 Å². The number of nitrogens with two attached hydrogens (primary N) is 2. The third-order valence-corrected chi connectivity index (χ3v) is 3.39. The fourth-order valence-corrected chi connectivity index (χ4v) is 2.22. The van der Waals surface area contributed by atoms with Crippen LogP contribution in [0.2, 0.25) is 0 Å². The quantitative estimate of drug-likeness (QED) is 0.562. The summed E-state index contributed by atoms with van der Waals surface area (Å²) in [5.74, 6) is -0.491. The lowest BCUT2D eigenvalue weighted by molar-refractivity contribution is 0.0698. The second kappa shape index (κ2) is 7.93. The zero-order valence-corrected chi connectivity index (χ0v) is 14.4. The summed E-state index contributed by atoms with van der Waals surface area (Å²) in [5, 5.41) is 12.2. The number of hydrogen-bond acceptors (Lipinski definition) is 7. The number of allylic oxidation sites excluding steroid dienone is 1. The van der Waals surface area contributed by atoms with Crippen molar-refractivity contribution in [2.75, 3.05) is 23.3 Å². The number of nitrogens with one attached hydrogen (secondary N) is 1. The summed E-state index contributed by atoms with van der Waals surface area (Å²) in [6.45, 7) is 9.80. The topological polar surface area (TPSA) is 140 Å². The van der Waals surface area contributed by atoms with Crippen LogP contribution < -0.4 is 16.8 Å². The van der Waals surface area contributed by atoms with Crippen molar-refractivity contribution in [2.45, 2.75) is 6.92 Å². The van der Waals surface area contributed by atoms with Crippen molar-refractivity contribution in [3.63, 3.8) is 0 Å². The molecule has 0 saturated heterocycles. The Morgan fingerprint density at radius 2 is 2.00 bits per heavy atom. The van der Waals surface area contributed by atoms with Gasteiger partial charge in [-0.1, -0.05) is 25.3 Å². The summed E-state index contributed by atoms with van der Waals surface area (Å²) in [6, 6.07) is 6.61. The Hall–Kier alpha value is -3.68. The minimum Gasteiger partial charge on any atom is -0.478 e. The number of carboxylic acid groups (broad SMARTS) is 1. The van der Waals surface area contributed by atoms with Gasteiger partial charge in [-0.25, -0.2) is 9.79 Å². The molecule has 1 aromatic carbocycles. The van der Waals surface area contributed by atoms with Gasteiger partial charge in [0.2, 0.25) is 5.95 Å². The van der Waals surface area contributed by atoms with E-state index in [1.807, 2.05) is 0 Å². The van der Waals surface area contributed by atoms with Gasteiger partial charge in [0.05, 0.1) is 11.1 Å². The average molecular weight is 352 g/mol. The number of carbonyl (C=O) groups is 1. The number of hydrogen-bond donors (Lipinski definition) is 4. The van der Waals surface area contributed by atoms with Crippen molar-refractivity contribution in [3.8, 4) is 0 Å². The predicted molar refractivity (Wildman–Crippen MR) is 105 cm³/mol. The number of nitrogen functional groups attached to an aromatic ring is 2. The summed E-state index contributed by atoms with van der Waals surface area (Å²) in [5.41, 5.74) is 13.9. The van der Waals surface area contributed by atoms with E-state index in [0.717, 1.165) is 0 Å². The van der Waals surface area contributed by atoms with Gasteiger partial charge in [-0.3, -0.25) is 0 Å². The summed E-state index contributed by atoms with van der Waals surface area (Å²) in [4.78, 5) is 23.4. The summed E-state index contributed by atoms with van der Waals surface area (Å²) < 4.78 is 0. The molecule has 2 rings (SSSR count). The molecule has 0 fully saturated rings. The lowest BCUT2D eigenvalue weighted by atomic mass is 10.1. The first-order valence-corrected chi connectivity index (χ1v) is 7.66. The van der Waals surface area contributed by atoms with Crippen molar-refractivity contribution in [3.05, 3.63) is 54.1 Å². The largest absolute Gasteiger partial charge is 0.478 e. The summed E-state index contributed by atoms with van der Waals surface area (Å²) in [6.07, 6.45) is 1.50. The highest BCUT2D eigenvalue weighted by Gasteiger charge is 2.11. The molecule has 0 saturated carbocycles. The molecular weight excluding hydrogens is 332 g/mol. The molecule has 0 spiro atoms. The first-order valence-electron chi connectivity index (χ1n) is 7.66. The van der Waals surface area contributed by atoms with Crippen LogP contribution in [0.1, 0.15) is 22.8 Å². The molecule has 6 N–H and O–H groups in total. The van der Waals surface area contributed by atoms with Crippen molar-refractivity contribution < 1.29 is 9.90 Å². The highest BCUT2D eigenvalue weighted by atomic mass is 16.4. The number of anilines is 3. The molecule has 0 bridgehead atoms. The van der Waals surface area contributed by atoms with Crippen LogP contribution in [0.4, 0.5) is 23.3 Å². The number of aliphatic imine (C=N–C) groups is 1. The van der Waals surface area contributed by atoms with E-state index in [-0.39, 0.29) is 17.3 Å². The molecule has 8 nitrogen and oxygen atoms in total. The fourth-order valence-electron chi connectivity index (χ4n) is 2.22. The number of aromatic nitrogens is 2. The maximum atomic E-state index is 11.2. The Bertz CT molecular complexity index is 905. The van der Waals surface area contributed by atoms with Crippen LogP contribution in [0, 0.1) is 0 Å². The van der Waals surface area contributed by atoms with Crippen LogP contribution in [0.15, 0.2) is 48.0 Å². The zero-order valence-electron chi connectivity index (χ0n) is 14.4. The molecule has 26 heavy (non-hydrogen) atoms. The Balaban J connectivity index is 2.14. The molecule has 0 aliphatic heterocycles. The minimum absolute atomic E-state index is 0.0128. The van der Waals surface area contributed by atoms with Gasteiger partial charge in [0.1, 0.15) is 5.82 Å². The van der Waals surface area contributed by atoms with Gasteiger partial charge in [0.15, 0.2) is 5.82 Å². The fraction of sp³-hybridized carbons (Fsp3) is 0.111. The van der Waals surface area contributed by atoms with Crippen LogP contribution in [0.3, 0.4) is 0 Å². The third kappa shape index (κ3) is 4.44. The normalized spacial score (nSPS) is 10.7. The van der Waals surface area contributed by atoms with E-state index in [1.54, 1.807) is 25.1 Å². The molecule has 0 aliphatic rings. The van der Waals surface area contributed by atoms with Crippen LogP contribution in [-0.4, -0.2) is 33.8 Å². The van der Waals surface area contributed by atoms with Gasteiger partial charge in [-0.15, -0.1) is 0 Å². The monoisotopic (exact) mass is 352 g/mol. The van der Waals surface area contributed by atoms with Crippen LogP contribution >= 0.6 is 0 Å². The maximum absolute atomic E-state index is 11.2. The van der Waals surface area contributed by atoms with E-state index >= 15 is 0 Å². The van der Waals surface area contributed by atoms with Crippen molar-refractivity contribution in [2.24, 2.45) is 4.99 Å². The Labute approximate surface area is 151 Å². The number of para-hydroxylation sites is 1. The summed E-state index contributed by atoms with van der Waals surface area (Å²) in [7, 11) is 0. The SMILES string of the molecule is C=C(C=Nc1nc(N)nc(N)c1C(=C)C)CNc1ccccc1C(=O)O. The van der Waals surface area contributed by atoms with Crippen molar-refractivity contribution in [1.82, 2.24) is 9.97 Å². The average Bonchev–Trinajstić information content (AvgIpc) is 2.57. The van der Waals surface area contributed by atoms with Crippen LogP contribution in [0.5, 0.6) is 0 Å². The molecule has 0 atom stereocenters. The van der Waals surface area contributed by atoms with E-state index in [9.17, 15) is 9.90 Å². The third-order valence-electron chi connectivity index (χ3n) is 3.39. The Morgan fingerprint density at radius 1 is 1.31 bits per heavy atom. The number of nitrogens with zero attached hydrogens (tertiary/aromatic N) is 3. The first-order chi connectivity index (χ1) is 12.3. The van der Waals surface area contributed by atoms with E-state index in [4.69, 9.17) is 11.5 Å². The van der Waals surface area contributed by atoms with E-state index in [0.29, 0.717) is 34.8 Å². The van der Waals surface area contributed by atoms with Gasteiger partial charge in [-0.05, 0) is 30.2 Å². The van der Waals surface area contributed by atoms with Crippen molar-refractivity contribution >= 4 is 41.0 Å². The molecule has 1 aromatic heterocycles. The van der Waals surface area contributed by atoms with Gasteiger partial charge in [-0.2, -0.15) is 9.97 Å². The molecule has 134 valence electrons. The second-order valence-electron chi connectivity index (χ2n) is 5.57. The number of aromatic carboxylic acids is 1. The standard InChI is InChI=1S/C18H20N6O2/c1-10(2)14-15(19)23-18(20)24-16(14)22-9-11(3)8-21-13-7-5-4-6-12(13)17(25)26/h4-7,9,21H,1,3,8H2,2H3,(H,25,26)(H4,19,20,23,24). The van der Waals surface area contributed by atoms with E-state index < -0.39 is 5.97 Å². The Morgan fingerprint density at radius 3 is 2.65 bits per heavy atom. The van der Waals surface area contributed by atoms with Gasteiger partial charge < -0.3 is 21.9 Å².